The van der Waals surface area contributed by atoms with E-state index in [0.29, 0.717) is 22.8 Å². The number of carbonyl (C=O) groups is 1. The molecule has 8 heteroatoms. The maximum absolute atomic E-state index is 14.0. The number of anilines is 2. The van der Waals surface area contributed by atoms with Crippen molar-refractivity contribution in [1.82, 2.24) is 14.4 Å². The molecule has 2 heterocycles. The molecule has 7 nitrogen and oxygen atoms in total. The molecule has 0 aliphatic heterocycles. The summed E-state index contributed by atoms with van der Waals surface area (Å²) in [6.45, 7) is 3.51. The van der Waals surface area contributed by atoms with Crippen LogP contribution in [0.15, 0.2) is 36.8 Å². The number of nitrogen functional groups attached to an aromatic ring is 1. The van der Waals surface area contributed by atoms with E-state index in [1.807, 2.05) is 0 Å². The highest BCUT2D eigenvalue weighted by atomic mass is 19.1. The lowest BCUT2D eigenvalue weighted by Crippen LogP contribution is -2.18. The van der Waals surface area contributed by atoms with Crippen molar-refractivity contribution in [3.8, 4) is 11.3 Å². The van der Waals surface area contributed by atoms with E-state index in [9.17, 15) is 9.18 Å². The number of aromatic nitrogens is 3. The van der Waals surface area contributed by atoms with Crippen LogP contribution in [0.4, 0.5) is 20.6 Å². The smallest absolute Gasteiger partial charge is 0.411 e. The summed E-state index contributed by atoms with van der Waals surface area (Å²) >= 11 is 0. The van der Waals surface area contributed by atoms with Crippen molar-refractivity contribution in [3.63, 3.8) is 0 Å². The molecule has 3 rings (SSSR count). The Bertz CT molecular complexity index is 913. The fourth-order valence-electron chi connectivity index (χ4n) is 2.18. The van der Waals surface area contributed by atoms with Gasteiger partial charge in [0.25, 0.3) is 0 Å². The fraction of sp³-hybridized carbons (Fsp3) is 0.188. The first-order valence-electron chi connectivity index (χ1n) is 7.30. The molecule has 0 fully saturated rings. The Kier molecular flexibility index (Phi) is 4.03. The predicted octanol–water partition coefficient (Wildman–Crippen LogP) is 3.32. The summed E-state index contributed by atoms with van der Waals surface area (Å²) in [5, 5.41) is 2.57. The SMILES string of the molecule is CC(C)OC(=O)Nc1cnc2nc(-c3cc(N)ccc3F)cn2c1.[HH]. The first kappa shape index (κ1) is 15.7. The predicted molar refractivity (Wildman–Crippen MR) is 90.1 cm³/mol. The van der Waals surface area contributed by atoms with Gasteiger partial charge in [0.1, 0.15) is 5.82 Å². The minimum absolute atomic E-state index is 0. The van der Waals surface area contributed by atoms with Crippen molar-refractivity contribution in [3.05, 3.63) is 42.6 Å². The number of fused-ring (bicyclic) bond motifs is 1. The molecule has 126 valence electrons. The molecule has 0 unspecified atom stereocenters. The summed E-state index contributed by atoms with van der Waals surface area (Å²) in [7, 11) is 0. The van der Waals surface area contributed by atoms with E-state index in [1.165, 1.54) is 24.4 Å². The number of nitrogens with one attached hydrogen (secondary N) is 1. The molecule has 0 saturated heterocycles. The van der Waals surface area contributed by atoms with Crippen LogP contribution in [0.25, 0.3) is 17.0 Å². The maximum Gasteiger partial charge on any atom is 0.411 e. The molecular formula is C16H18FN5O2. The Morgan fingerprint density at radius 1 is 1.42 bits per heavy atom. The van der Waals surface area contributed by atoms with E-state index < -0.39 is 11.9 Å². The van der Waals surface area contributed by atoms with Gasteiger partial charge in [0.05, 0.1) is 23.7 Å². The van der Waals surface area contributed by atoms with Gasteiger partial charge in [-0.25, -0.2) is 19.2 Å². The van der Waals surface area contributed by atoms with Gasteiger partial charge in [0.15, 0.2) is 0 Å². The molecule has 0 bridgehead atoms. The zero-order chi connectivity index (χ0) is 17.3. The lowest BCUT2D eigenvalue weighted by Gasteiger charge is -2.09. The lowest BCUT2D eigenvalue weighted by molar-refractivity contribution is 0.130. The van der Waals surface area contributed by atoms with E-state index in [0.717, 1.165) is 0 Å². The van der Waals surface area contributed by atoms with Crippen LogP contribution in [-0.4, -0.2) is 26.6 Å². The Hall–Kier alpha value is -3.16. The number of rotatable bonds is 3. The number of benzene rings is 1. The van der Waals surface area contributed by atoms with Crippen LogP contribution in [0.2, 0.25) is 0 Å². The molecule has 0 atom stereocenters. The number of hydrogen-bond donors (Lipinski definition) is 2. The van der Waals surface area contributed by atoms with Crippen LogP contribution in [0.3, 0.4) is 0 Å². The van der Waals surface area contributed by atoms with Gasteiger partial charge in [-0.2, -0.15) is 0 Å². The highest BCUT2D eigenvalue weighted by Crippen LogP contribution is 2.24. The minimum atomic E-state index is -0.576. The largest absolute Gasteiger partial charge is 0.447 e. The first-order valence-corrected chi connectivity index (χ1v) is 7.30. The van der Waals surface area contributed by atoms with Crippen molar-refractivity contribution in [2.75, 3.05) is 11.1 Å². The second-order valence-corrected chi connectivity index (χ2v) is 5.49. The lowest BCUT2D eigenvalue weighted by atomic mass is 10.1. The molecule has 24 heavy (non-hydrogen) atoms. The van der Waals surface area contributed by atoms with Crippen LogP contribution in [0.1, 0.15) is 15.3 Å². The number of hydrogen-bond acceptors (Lipinski definition) is 5. The molecule has 3 N–H and O–H groups in total. The average molecular weight is 331 g/mol. The van der Waals surface area contributed by atoms with Gasteiger partial charge in [-0.3, -0.25) is 9.72 Å². The van der Waals surface area contributed by atoms with Crippen LogP contribution in [0.5, 0.6) is 0 Å². The van der Waals surface area contributed by atoms with Crippen LogP contribution in [0, 0.1) is 5.82 Å². The maximum atomic E-state index is 14.0. The van der Waals surface area contributed by atoms with Crippen molar-refractivity contribution < 1.29 is 15.3 Å². The topological polar surface area (TPSA) is 94.5 Å². The molecule has 0 radical (unpaired) electrons. The van der Waals surface area contributed by atoms with E-state index in [1.54, 1.807) is 30.6 Å². The van der Waals surface area contributed by atoms with Gasteiger partial charge in [-0.1, -0.05) is 0 Å². The molecule has 3 aromatic rings. The van der Waals surface area contributed by atoms with Gasteiger partial charge in [0.2, 0.25) is 5.78 Å². The Morgan fingerprint density at radius 2 is 2.21 bits per heavy atom. The molecule has 0 aliphatic rings. The molecule has 1 aromatic carbocycles. The van der Waals surface area contributed by atoms with E-state index in [2.05, 4.69) is 15.3 Å². The van der Waals surface area contributed by atoms with Crippen molar-refractivity contribution in [2.45, 2.75) is 20.0 Å². The Labute approximate surface area is 138 Å². The minimum Gasteiger partial charge on any atom is -0.447 e. The quantitative estimate of drug-likeness (QED) is 0.718. The van der Waals surface area contributed by atoms with Gasteiger partial charge >= 0.3 is 6.09 Å². The monoisotopic (exact) mass is 331 g/mol. The van der Waals surface area contributed by atoms with E-state index in [-0.39, 0.29) is 13.1 Å². The van der Waals surface area contributed by atoms with Gasteiger partial charge in [-0.05, 0) is 32.0 Å². The summed E-state index contributed by atoms with van der Waals surface area (Å²) in [6.07, 6.45) is 3.87. The van der Waals surface area contributed by atoms with Crippen LogP contribution in [-0.2, 0) is 4.74 Å². The van der Waals surface area contributed by atoms with E-state index >= 15 is 0 Å². The standard InChI is InChI=1S/C16H16FN5O2.H2/c1-9(2)24-16(23)20-11-6-19-15-21-14(8-22(15)7-11)12-5-10(18)3-4-13(12)17;/h3-9H,18H2,1-2H3,(H,20,23);1H. The number of nitrogens with zero attached hydrogens (tertiary/aromatic N) is 3. The zero-order valence-electron chi connectivity index (χ0n) is 13.2. The van der Waals surface area contributed by atoms with Gasteiger partial charge < -0.3 is 10.5 Å². The average Bonchev–Trinajstić information content (AvgIpc) is 2.91. The van der Waals surface area contributed by atoms with Crippen molar-refractivity contribution in [2.24, 2.45) is 0 Å². The number of imidazole rings is 1. The normalized spacial score (nSPS) is 11.0. The zero-order valence-corrected chi connectivity index (χ0v) is 13.2. The Balaban J connectivity index is 0.00000225. The van der Waals surface area contributed by atoms with Crippen LogP contribution >= 0.6 is 0 Å². The Morgan fingerprint density at radius 3 is 2.96 bits per heavy atom. The number of nitrogens with two attached hydrogens (primary N) is 1. The second kappa shape index (κ2) is 6.15. The highest BCUT2D eigenvalue weighted by Gasteiger charge is 2.12. The molecule has 0 saturated carbocycles. The summed E-state index contributed by atoms with van der Waals surface area (Å²) in [6, 6.07) is 4.28. The second-order valence-electron chi connectivity index (χ2n) is 5.49. The number of halogens is 1. The molecule has 2 aromatic heterocycles. The third-order valence-corrected chi connectivity index (χ3v) is 3.17. The molecule has 0 spiro atoms. The molecule has 1 amide bonds. The summed E-state index contributed by atoms with van der Waals surface area (Å²) in [5.41, 5.74) is 7.26. The van der Waals surface area contributed by atoms with Crippen LogP contribution < -0.4 is 11.1 Å². The summed E-state index contributed by atoms with van der Waals surface area (Å²) < 4.78 is 20.5. The number of amides is 1. The highest BCUT2D eigenvalue weighted by molar-refractivity contribution is 5.84. The third-order valence-electron chi connectivity index (χ3n) is 3.17. The molecule has 0 aliphatic carbocycles. The fourth-order valence-corrected chi connectivity index (χ4v) is 2.18. The van der Waals surface area contributed by atoms with Gasteiger partial charge in [-0.15, -0.1) is 0 Å². The van der Waals surface area contributed by atoms with E-state index in [4.69, 9.17) is 10.5 Å². The number of carbonyl (C=O) groups excluding carboxylic acids is 1. The summed E-state index contributed by atoms with van der Waals surface area (Å²) in [5.74, 6) is -0.0546. The third kappa shape index (κ3) is 3.27. The molecular weight excluding hydrogens is 313 g/mol. The van der Waals surface area contributed by atoms with Crippen molar-refractivity contribution in [1.29, 1.82) is 0 Å². The van der Waals surface area contributed by atoms with Gasteiger partial charge in [0, 0.05) is 25.1 Å². The first-order chi connectivity index (χ1) is 11.4. The number of ether oxygens (including phenoxy) is 1. The summed E-state index contributed by atoms with van der Waals surface area (Å²) in [4.78, 5) is 20.0. The van der Waals surface area contributed by atoms with Crippen molar-refractivity contribution >= 4 is 23.2 Å².